The highest BCUT2D eigenvalue weighted by atomic mass is 16.1. The quantitative estimate of drug-likeness (QED) is 0.860. The van der Waals surface area contributed by atoms with Crippen LogP contribution in [-0.4, -0.2) is 15.7 Å². The molecule has 0 bridgehead atoms. The molecule has 2 rings (SSSR count). The van der Waals surface area contributed by atoms with Crippen LogP contribution in [0.5, 0.6) is 0 Å². The number of rotatable bonds is 5. The molecule has 0 radical (unpaired) electrons. The molecular weight excluding hydrogens is 240 g/mol. The van der Waals surface area contributed by atoms with Gasteiger partial charge in [-0.15, -0.1) is 0 Å². The zero-order valence-electron chi connectivity index (χ0n) is 11.2. The summed E-state index contributed by atoms with van der Waals surface area (Å²) in [6.07, 6.45) is 1.78. The van der Waals surface area contributed by atoms with Gasteiger partial charge in [0.15, 0.2) is 0 Å². The molecule has 0 saturated carbocycles. The Morgan fingerprint density at radius 1 is 1.42 bits per heavy atom. The smallest absolute Gasteiger partial charge is 0.249 e. The van der Waals surface area contributed by atoms with Crippen LogP contribution in [0.25, 0.3) is 0 Å². The maximum atomic E-state index is 11.3. The van der Waals surface area contributed by atoms with Crippen molar-refractivity contribution in [1.29, 1.82) is 0 Å². The van der Waals surface area contributed by atoms with E-state index in [1.807, 2.05) is 29.8 Å². The van der Waals surface area contributed by atoms with Gasteiger partial charge in [0.05, 0.1) is 12.2 Å². The van der Waals surface area contributed by atoms with E-state index in [2.05, 4.69) is 17.3 Å². The number of nitrogens with zero attached hydrogens (tertiary/aromatic N) is 2. The summed E-state index contributed by atoms with van der Waals surface area (Å²) in [6.45, 7) is 5.44. The number of nitrogens with one attached hydrogen (secondary N) is 1. The molecule has 0 aliphatic heterocycles. The normalized spacial score (nSPS) is 10.4. The Hall–Kier alpha value is -2.30. The molecule has 0 atom stereocenters. The van der Waals surface area contributed by atoms with Gasteiger partial charge in [-0.05, 0) is 37.6 Å². The number of anilines is 1. The van der Waals surface area contributed by atoms with Gasteiger partial charge in [-0.1, -0.05) is 6.07 Å². The highest BCUT2D eigenvalue weighted by molar-refractivity contribution is 5.95. The van der Waals surface area contributed by atoms with E-state index in [-0.39, 0.29) is 0 Å². The van der Waals surface area contributed by atoms with Crippen LogP contribution in [-0.2, 0) is 13.1 Å². The summed E-state index contributed by atoms with van der Waals surface area (Å²) < 4.78 is 1.93. The maximum Gasteiger partial charge on any atom is 0.249 e. The van der Waals surface area contributed by atoms with Crippen molar-refractivity contribution in [3.05, 3.63) is 47.3 Å². The van der Waals surface area contributed by atoms with Gasteiger partial charge in [0, 0.05) is 24.0 Å². The summed E-state index contributed by atoms with van der Waals surface area (Å²) in [7, 11) is 0. The average molecular weight is 258 g/mol. The first-order valence-electron chi connectivity index (χ1n) is 6.27. The van der Waals surface area contributed by atoms with E-state index < -0.39 is 5.91 Å². The molecule has 19 heavy (non-hydrogen) atoms. The fourth-order valence-electron chi connectivity index (χ4n) is 2.07. The number of hydrogen-bond donors (Lipinski definition) is 2. The van der Waals surface area contributed by atoms with Gasteiger partial charge in [0.2, 0.25) is 5.91 Å². The van der Waals surface area contributed by atoms with E-state index in [0.29, 0.717) is 12.1 Å². The van der Waals surface area contributed by atoms with Gasteiger partial charge in [0.1, 0.15) is 0 Å². The predicted octanol–water partition coefficient (Wildman–Crippen LogP) is 1.92. The molecule has 5 heteroatoms. The number of aryl methyl sites for hydroxylation is 1. The first kappa shape index (κ1) is 13.1. The Morgan fingerprint density at radius 3 is 2.89 bits per heavy atom. The van der Waals surface area contributed by atoms with Crippen molar-refractivity contribution in [3.63, 3.8) is 0 Å². The molecule has 1 aromatic carbocycles. The van der Waals surface area contributed by atoms with Gasteiger partial charge in [-0.3, -0.25) is 9.48 Å². The van der Waals surface area contributed by atoms with Crippen molar-refractivity contribution in [2.24, 2.45) is 5.73 Å². The Kier molecular flexibility index (Phi) is 3.85. The topological polar surface area (TPSA) is 72.9 Å². The molecule has 1 heterocycles. The zero-order valence-corrected chi connectivity index (χ0v) is 11.2. The largest absolute Gasteiger partial charge is 0.379 e. The maximum absolute atomic E-state index is 11.3. The standard InChI is InChI=1S/C14H18N4O/c1-3-18-11(7-8-17-18)9-16-13-6-4-5-12(10(13)2)14(15)19/h4-8,16H,3,9H2,1-2H3,(H2,15,19). The number of hydrogen-bond acceptors (Lipinski definition) is 3. The van der Waals surface area contributed by atoms with Gasteiger partial charge < -0.3 is 11.1 Å². The molecule has 0 unspecified atom stereocenters. The molecule has 0 fully saturated rings. The van der Waals surface area contributed by atoms with Crippen LogP contribution in [0.1, 0.15) is 28.5 Å². The summed E-state index contributed by atoms with van der Waals surface area (Å²) in [5, 5.41) is 7.53. The average Bonchev–Trinajstić information content (AvgIpc) is 2.84. The third kappa shape index (κ3) is 2.76. The molecule has 3 N–H and O–H groups in total. The van der Waals surface area contributed by atoms with Crippen LogP contribution in [0, 0.1) is 6.92 Å². The predicted molar refractivity (Wildman–Crippen MR) is 74.9 cm³/mol. The monoisotopic (exact) mass is 258 g/mol. The van der Waals surface area contributed by atoms with Crippen LogP contribution >= 0.6 is 0 Å². The number of carbonyl (C=O) groups is 1. The third-order valence-electron chi connectivity index (χ3n) is 3.16. The van der Waals surface area contributed by atoms with Crippen molar-refractivity contribution >= 4 is 11.6 Å². The molecule has 2 aromatic rings. The van der Waals surface area contributed by atoms with Crippen molar-refractivity contribution in [2.45, 2.75) is 26.9 Å². The van der Waals surface area contributed by atoms with Crippen molar-refractivity contribution < 1.29 is 4.79 Å². The number of nitrogens with two attached hydrogens (primary N) is 1. The second-order valence-electron chi connectivity index (χ2n) is 4.33. The lowest BCUT2D eigenvalue weighted by Crippen LogP contribution is -2.14. The van der Waals surface area contributed by atoms with Crippen LogP contribution in [0.15, 0.2) is 30.5 Å². The molecule has 100 valence electrons. The fraction of sp³-hybridized carbons (Fsp3) is 0.286. The van der Waals surface area contributed by atoms with Gasteiger partial charge in [-0.25, -0.2) is 0 Å². The molecule has 0 saturated heterocycles. The van der Waals surface area contributed by atoms with Gasteiger partial charge in [0.25, 0.3) is 0 Å². The SMILES string of the molecule is CCn1nccc1CNc1cccc(C(N)=O)c1C. The number of aromatic nitrogens is 2. The van der Waals surface area contributed by atoms with E-state index in [4.69, 9.17) is 5.73 Å². The molecule has 5 nitrogen and oxygen atoms in total. The Labute approximate surface area is 112 Å². The summed E-state index contributed by atoms with van der Waals surface area (Å²) in [5.41, 5.74) is 8.78. The van der Waals surface area contributed by atoms with Crippen molar-refractivity contribution in [3.8, 4) is 0 Å². The number of primary amides is 1. The minimum atomic E-state index is -0.403. The van der Waals surface area contributed by atoms with Crippen molar-refractivity contribution in [2.75, 3.05) is 5.32 Å². The van der Waals surface area contributed by atoms with E-state index in [9.17, 15) is 4.79 Å². The van der Waals surface area contributed by atoms with E-state index in [1.165, 1.54) is 0 Å². The fourth-order valence-corrected chi connectivity index (χ4v) is 2.07. The molecule has 0 aliphatic rings. The van der Waals surface area contributed by atoms with Crippen LogP contribution in [0.2, 0.25) is 0 Å². The van der Waals surface area contributed by atoms with E-state index in [0.717, 1.165) is 23.5 Å². The molecule has 0 aliphatic carbocycles. The van der Waals surface area contributed by atoms with E-state index >= 15 is 0 Å². The lowest BCUT2D eigenvalue weighted by Gasteiger charge is -2.12. The lowest BCUT2D eigenvalue weighted by atomic mass is 10.1. The van der Waals surface area contributed by atoms with Gasteiger partial charge >= 0.3 is 0 Å². The highest BCUT2D eigenvalue weighted by Gasteiger charge is 2.08. The number of carbonyl (C=O) groups excluding carboxylic acids is 1. The molecule has 1 amide bonds. The summed E-state index contributed by atoms with van der Waals surface area (Å²) >= 11 is 0. The number of benzene rings is 1. The Bertz CT molecular complexity index is 589. The van der Waals surface area contributed by atoms with E-state index in [1.54, 1.807) is 12.3 Å². The minimum Gasteiger partial charge on any atom is -0.379 e. The Balaban J connectivity index is 2.16. The Morgan fingerprint density at radius 2 is 2.21 bits per heavy atom. The second kappa shape index (κ2) is 5.56. The third-order valence-corrected chi connectivity index (χ3v) is 3.16. The minimum absolute atomic E-state index is 0.403. The lowest BCUT2D eigenvalue weighted by molar-refractivity contribution is 0.1000. The summed E-state index contributed by atoms with van der Waals surface area (Å²) in [4.78, 5) is 11.3. The molecule has 1 aromatic heterocycles. The van der Waals surface area contributed by atoms with Crippen LogP contribution in [0.3, 0.4) is 0 Å². The first-order chi connectivity index (χ1) is 9.13. The first-order valence-corrected chi connectivity index (χ1v) is 6.27. The summed E-state index contributed by atoms with van der Waals surface area (Å²) in [5.74, 6) is -0.403. The second-order valence-corrected chi connectivity index (χ2v) is 4.33. The highest BCUT2D eigenvalue weighted by Crippen LogP contribution is 2.19. The number of amides is 1. The van der Waals surface area contributed by atoms with Crippen LogP contribution < -0.4 is 11.1 Å². The zero-order chi connectivity index (χ0) is 13.8. The molecule has 0 spiro atoms. The van der Waals surface area contributed by atoms with Crippen LogP contribution in [0.4, 0.5) is 5.69 Å². The summed E-state index contributed by atoms with van der Waals surface area (Å²) in [6, 6.07) is 7.48. The molecular formula is C14H18N4O. The van der Waals surface area contributed by atoms with Crippen molar-refractivity contribution in [1.82, 2.24) is 9.78 Å². The van der Waals surface area contributed by atoms with Gasteiger partial charge in [-0.2, -0.15) is 5.10 Å².